The van der Waals surface area contributed by atoms with Gasteiger partial charge >= 0.3 is 0 Å². The van der Waals surface area contributed by atoms with E-state index in [-0.39, 0.29) is 0 Å². The third kappa shape index (κ3) is 3.79. The minimum Gasteiger partial charge on any atom is -0.456 e. The molecule has 232 valence electrons. The van der Waals surface area contributed by atoms with E-state index >= 15 is 0 Å². The summed E-state index contributed by atoms with van der Waals surface area (Å²) in [6, 6.07) is 63.8. The molecule has 2 heteroatoms. The summed E-state index contributed by atoms with van der Waals surface area (Å²) >= 11 is 0. The summed E-state index contributed by atoms with van der Waals surface area (Å²) in [7, 11) is 0. The first-order chi connectivity index (χ1) is 24.8. The molecule has 2 nitrogen and oxygen atoms in total. The van der Waals surface area contributed by atoms with Gasteiger partial charge in [0, 0.05) is 38.2 Å². The van der Waals surface area contributed by atoms with Gasteiger partial charge in [0.2, 0.25) is 0 Å². The molecule has 1 aliphatic rings. The van der Waals surface area contributed by atoms with Gasteiger partial charge in [-0.25, -0.2) is 0 Å². The van der Waals surface area contributed by atoms with Crippen LogP contribution in [0.4, 0.5) is 0 Å². The van der Waals surface area contributed by atoms with Crippen molar-refractivity contribution in [3.8, 4) is 50.6 Å². The number of ether oxygens (including phenoxy) is 1. The zero-order chi connectivity index (χ0) is 32.8. The van der Waals surface area contributed by atoms with Gasteiger partial charge in [-0.2, -0.15) is 0 Å². The molecule has 50 heavy (non-hydrogen) atoms. The standard InChI is InChI=1S/C48H29NO/c1-2-14-31(15-3-1)49-47-32-16-5-4-13-30(32)25-26-41(47)43-29-42(35-19-8-9-21-40(35)48(43)49)34-18-7-6-17-33(34)36-27-28-45-46-38(36)22-12-23-39(46)37-20-10-11-24-44(37)50-45/h1-29H. The highest BCUT2D eigenvalue weighted by Crippen LogP contribution is 2.50. The molecular formula is C48H29NO. The number of rotatable bonds is 3. The Balaban J connectivity index is 1.24. The summed E-state index contributed by atoms with van der Waals surface area (Å²) in [5, 5.41) is 9.83. The van der Waals surface area contributed by atoms with E-state index in [1.807, 2.05) is 6.07 Å². The molecule has 0 bridgehead atoms. The summed E-state index contributed by atoms with van der Waals surface area (Å²) in [6.45, 7) is 0. The second-order valence-corrected chi connectivity index (χ2v) is 13.2. The molecule has 0 unspecified atom stereocenters. The van der Waals surface area contributed by atoms with Crippen LogP contribution < -0.4 is 4.74 Å². The van der Waals surface area contributed by atoms with Crippen LogP contribution in [0.15, 0.2) is 176 Å². The van der Waals surface area contributed by atoms with Gasteiger partial charge in [0.1, 0.15) is 11.5 Å². The normalized spacial score (nSPS) is 12.2. The Bertz CT molecular complexity index is 3010. The predicted octanol–water partition coefficient (Wildman–Crippen LogP) is 13.3. The maximum absolute atomic E-state index is 6.47. The van der Waals surface area contributed by atoms with E-state index < -0.39 is 0 Å². The molecule has 0 amide bonds. The lowest BCUT2D eigenvalue weighted by Crippen LogP contribution is -1.98. The lowest BCUT2D eigenvalue weighted by molar-refractivity contribution is 0.487. The van der Waals surface area contributed by atoms with Gasteiger partial charge in [0.05, 0.1) is 11.0 Å². The number of benzene rings is 9. The van der Waals surface area contributed by atoms with Crippen LogP contribution in [0.5, 0.6) is 11.5 Å². The number of hydrogen-bond donors (Lipinski definition) is 0. The highest BCUT2D eigenvalue weighted by molar-refractivity contribution is 6.26. The number of hydrogen-bond acceptors (Lipinski definition) is 1. The maximum Gasteiger partial charge on any atom is 0.135 e. The number of para-hydroxylation sites is 2. The average Bonchev–Trinajstić information content (AvgIpc) is 3.53. The molecule has 1 aliphatic heterocycles. The molecule has 11 rings (SSSR count). The molecule has 1 aromatic heterocycles. The molecule has 0 atom stereocenters. The molecule has 9 aromatic carbocycles. The minimum atomic E-state index is 0.905. The highest BCUT2D eigenvalue weighted by Gasteiger charge is 2.24. The van der Waals surface area contributed by atoms with E-state index in [9.17, 15) is 0 Å². The summed E-state index contributed by atoms with van der Waals surface area (Å²) in [5.74, 6) is 1.81. The molecule has 0 fully saturated rings. The lowest BCUT2D eigenvalue weighted by atomic mass is 9.86. The van der Waals surface area contributed by atoms with E-state index in [0.717, 1.165) is 28.1 Å². The third-order valence-corrected chi connectivity index (χ3v) is 10.6. The largest absolute Gasteiger partial charge is 0.456 e. The van der Waals surface area contributed by atoms with E-state index in [1.165, 1.54) is 76.6 Å². The van der Waals surface area contributed by atoms with E-state index in [0.29, 0.717) is 0 Å². The van der Waals surface area contributed by atoms with Gasteiger partial charge in [0.25, 0.3) is 0 Å². The highest BCUT2D eigenvalue weighted by atomic mass is 16.5. The Morgan fingerprint density at radius 1 is 0.320 bits per heavy atom. The van der Waals surface area contributed by atoms with Crippen LogP contribution in [-0.4, -0.2) is 4.57 Å². The molecule has 0 radical (unpaired) electrons. The van der Waals surface area contributed by atoms with Crippen LogP contribution >= 0.6 is 0 Å². The topological polar surface area (TPSA) is 14.2 Å². The quantitative estimate of drug-likeness (QED) is 0.188. The predicted molar refractivity (Wildman–Crippen MR) is 210 cm³/mol. The van der Waals surface area contributed by atoms with Gasteiger partial charge in [0.15, 0.2) is 0 Å². The Labute approximate surface area is 289 Å². The number of aromatic nitrogens is 1. The van der Waals surface area contributed by atoms with Gasteiger partial charge < -0.3 is 9.30 Å². The Morgan fingerprint density at radius 2 is 0.940 bits per heavy atom. The minimum absolute atomic E-state index is 0.905. The second kappa shape index (κ2) is 10.4. The number of fused-ring (bicyclic) bond motifs is 9. The zero-order valence-corrected chi connectivity index (χ0v) is 27.1. The average molecular weight is 636 g/mol. The molecule has 10 aromatic rings. The van der Waals surface area contributed by atoms with Gasteiger partial charge in [-0.15, -0.1) is 0 Å². The number of nitrogens with zero attached hydrogens (tertiary/aromatic N) is 1. The van der Waals surface area contributed by atoms with Crippen LogP contribution in [0.2, 0.25) is 0 Å². The molecule has 0 aliphatic carbocycles. The van der Waals surface area contributed by atoms with Crippen molar-refractivity contribution in [2.75, 3.05) is 0 Å². The fraction of sp³-hybridized carbons (Fsp3) is 0. The summed E-state index contributed by atoms with van der Waals surface area (Å²) < 4.78 is 8.95. The SMILES string of the molecule is c1ccc(-n2c3c4ccccc4ccc3c3cc(-c4ccccc4-c4ccc5c6c(cccc46)-c4ccccc4O5)c4ccccc4c32)cc1. The van der Waals surface area contributed by atoms with Crippen molar-refractivity contribution in [2.45, 2.75) is 0 Å². The first-order valence-electron chi connectivity index (χ1n) is 17.2. The summed E-state index contributed by atoms with van der Waals surface area (Å²) in [4.78, 5) is 0. The van der Waals surface area contributed by atoms with Crippen molar-refractivity contribution in [1.82, 2.24) is 4.57 Å². The van der Waals surface area contributed by atoms with Crippen LogP contribution in [0.3, 0.4) is 0 Å². The first kappa shape index (κ1) is 27.3. The van der Waals surface area contributed by atoms with Crippen molar-refractivity contribution in [3.05, 3.63) is 176 Å². The molecule has 0 saturated carbocycles. The zero-order valence-electron chi connectivity index (χ0n) is 27.1. The van der Waals surface area contributed by atoms with Gasteiger partial charge in [-0.3, -0.25) is 0 Å². The van der Waals surface area contributed by atoms with Crippen molar-refractivity contribution in [3.63, 3.8) is 0 Å². The van der Waals surface area contributed by atoms with E-state index in [4.69, 9.17) is 4.74 Å². The Kier molecular flexibility index (Phi) is 5.70. The molecule has 0 N–H and O–H groups in total. The van der Waals surface area contributed by atoms with Crippen LogP contribution in [0.25, 0.3) is 93.2 Å². The van der Waals surface area contributed by atoms with Crippen molar-refractivity contribution < 1.29 is 4.74 Å². The van der Waals surface area contributed by atoms with E-state index in [1.54, 1.807) is 0 Å². The third-order valence-electron chi connectivity index (χ3n) is 10.6. The molecule has 2 heterocycles. The molecule has 0 saturated heterocycles. The van der Waals surface area contributed by atoms with Crippen LogP contribution in [-0.2, 0) is 0 Å². The fourth-order valence-electron chi connectivity index (χ4n) is 8.46. The van der Waals surface area contributed by atoms with Gasteiger partial charge in [-0.1, -0.05) is 146 Å². The maximum atomic E-state index is 6.47. The summed E-state index contributed by atoms with van der Waals surface area (Å²) in [5.41, 5.74) is 10.8. The fourth-order valence-corrected chi connectivity index (χ4v) is 8.46. The van der Waals surface area contributed by atoms with Crippen LogP contribution in [0, 0.1) is 0 Å². The van der Waals surface area contributed by atoms with Crippen molar-refractivity contribution in [1.29, 1.82) is 0 Å². The Hall–Kier alpha value is -6.64. The smallest absolute Gasteiger partial charge is 0.135 e. The molecular weight excluding hydrogens is 607 g/mol. The monoisotopic (exact) mass is 635 g/mol. The Morgan fingerprint density at radius 3 is 1.80 bits per heavy atom. The summed E-state index contributed by atoms with van der Waals surface area (Å²) in [6.07, 6.45) is 0. The van der Waals surface area contributed by atoms with Crippen molar-refractivity contribution >= 4 is 54.1 Å². The van der Waals surface area contributed by atoms with Crippen molar-refractivity contribution in [2.24, 2.45) is 0 Å². The molecule has 0 spiro atoms. The lowest BCUT2D eigenvalue weighted by Gasteiger charge is -2.23. The van der Waals surface area contributed by atoms with Crippen LogP contribution in [0.1, 0.15) is 0 Å². The van der Waals surface area contributed by atoms with Gasteiger partial charge in [-0.05, 0) is 74.3 Å². The van der Waals surface area contributed by atoms with E-state index in [2.05, 4.69) is 174 Å². The second-order valence-electron chi connectivity index (χ2n) is 13.2. The first-order valence-corrected chi connectivity index (χ1v) is 17.2.